The van der Waals surface area contributed by atoms with Gasteiger partial charge in [0, 0.05) is 12.6 Å². The van der Waals surface area contributed by atoms with E-state index < -0.39 is 11.6 Å². The second-order valence-electron chi connectivity index (χ2n) is 4.22. The molecule has 2 aromatic rings. The van der Waals surface area contributed by atoms with Gasteiger partial charge in [0.1, 0.15) is 24.0 Å². The second kappa shape index (κ2) is 6.70. The van der Waals surface area contributed by atoms with Gasteiger partial charge in [-0.1, -0.05) is 24.8 Å². The average Bonchev–Trinajstić information content (AvgIpc) is 2.45. The fourth-order valence-corrected chi connectivity index (χ4v) is 1.69. The number of rotatable bonds is 6. The molecule has 0 atom stereocenters. The highest BCUT2D eigenvalue weighted by Crippen LogP contribution is 2.17. The van der Waals surface area contributed by atoms with Crippen molar-refractivity contribution in [2.24, 2.45) is 0 Å². The minimum absolute atomic E-state index is 0.276. The molecule has 2 rings (SSSR count). The molecule has 4 heteroatoms. The maximum atomic E-state index is 13.4. The molecule has 0 aliphatic heterocycles. The number of hydrogen-bond donors (Lipinski definition) is 1. The predicted octanol–water partition coefficient (Wildman–Crippen LogP) is 4.14. The summed E-state index contributed by atoms with van der Waals surface area (Å²) in [5.74, 6) is -0.436. The van der Waals surface area contributed by atoms with E-state index in [1.165, 1.54) is 12.1 Å². The third-order valence-corrected chi connectivity index (χ3v) is 2.71. The van der Waals surface area contributed by atoms with Gasteiger partial charge in [0.25, 0.3) is 0 Å². The van der Waals surface area contributed by atoms with Crippen molar-refractivity contribution in [1.29, 1.82) is 0 Å². The van der Waals surface area contributed by atoms with Crippen LogP contribution in [-0.2, 0) is 6.54 Å². The zero-order valence-corrected chi connectivity index (χ0v) is 10.9. The Morgan fingerprint density at radius 2 is 1.85 bits per heavy atom. The number of halogens is 2. The van der Waals surface area contributed by atoms with E-state index in [9.17, 15) is 8.78 Å². The van der Waals surface area contributed by atoms with E-state index >= 15 is 0 Å². The van der Waals surface area contributed by atoms with Crippen LogP contribution in [0.3, 0.4) is 0 Å². The van der Waals surface area contributed by atoms with Crippen LogP contribution >= 0.6 is 0 Å². The molecule has 2 aromatic carbocycles. The van der Waals surface area contributed by atoms with Crippen molar-refractivity contribution in [3.63, 3.8) is 0 Å². The Kier molecular flexibility index (Phi) is 4.71. The lowest BCUT2D eigenvalue weighted by molar-refractivity contribution is 0.363. The Morgan fingerprint density at radius 3 is 2.50 bits per heavy atom. The molecule has 104 valence electrons. The Labute approximate surface area is 116 Å². The minimum atomic E-state index is -0.601. The average molecular weight is 275 g/mol. The first-order valence-electron chi connectivity index (χ1n) is 6.20. The molecule has 0 spiro atoms. The Hall–Kier alpha value is -2.36. The van der Waals surface area contributed by atoms with Crippen molar-refractivity contribution in [2.75, 3.05) is 11.9 Å². The topological polar surface area (TPSA) is 21.3 Å². The molecule has 0 aliphatic rings. The second-order valence-corrected chi connectivity index (χ2v) is 4.22. The molecule has 0 saturated carbocycles. The molecule has 2 nitrogen and oxygen atoms in total. The lowest BCUT2D eigenvalue weighted by atomic mass is 10.2. The van der Waals surface area contributed by atoms with Gasteiger partial charge in [0.05, 0.1) is 5.69 Å². The predicted molar refractivity (Wildman–Crippen MR) is 75.8 cm³/mol. The monoisotopic (exact) mass is 275 g/mol. The van der Waals surface area contributed by atoms with E-state index in [0.29, 0.717) is 13.2 Å². The van der Waals surface area contributed by atoms with Crippen LogP contribution in [0.15, 0.2) is 55.1 Å². The van der Waals surface area contributed by atoms with Crippen LogP contribution in [0.25, 0.3) is 0 Å². The highest BCUT2D eigenvalue weighted by atomic mass is 19.1. The summed E-state index contributed by atoms with van der Waals surface area (Å²) in [5, 5.41) is 2.92. The zero-order chi connectivity index (χ0) is 14.4. The molecule has 0 aliphatic carbocycles. The van der Waals surface area contributed by atoms with Crippen LogP contribution < -0.4 is 10.1 Å². The molecule has 0 radical (unpaired) electrons. The third kappa shape index (κ3) is 3.82. The molecule has 1 N–H and O–H groups in total. The normalized spacial score (nSPS) is 10.1. The molecule has 0 fully saturated rings. The molecule has 0 amide bonds. The molecule has 20 heavy (non-hydrogen) atoms. The van der Waals surface area contributed by atoms with E-state index in [1.54, 1.807) is 6.08 Å². The summed E-state index contributed by atoms with van der Waals surface area (Å²) in [6.07, 6.45) is 1.67. The number of ether oxygens (including phenoxy) is 1. The summed E-state index contributed by atoms with van der Waals surface area (Å²) >= 11 is 0. The van der Waals surface area contributed by atoms with Crippen molar-refractivity contribution in [2.45, 2.75) is 6.54 Å². The number of anilines is 1. The summed E-state index contributed by atoms with van der Waals surface area (Å²) in [6.45, 7) is 4.48. The maximum absolute atomic E-state index is 13.4. The van der Waals surface area contributed by atoms with Gasteiger partial charge in [-0.2, -0.15) is 0 Å². The smallest absolute Gasteiger partial charge is 0.149 e. The van der Waals surface area contributed by atoms with Crippen LogP contribution in [0.4, 0.5) is 14.5 Å². The number of benzene rings is 2. The van der Waals surface area contributed by atoms with E-state index in [-0.39, 0.29) is 5.69 Å². The van der Waals surface area contributed by atoms with Gasteiger partial charge in [0.15, 0.2) is 0 Å². The third-order valence-electron chi connectivity index (χ3n) is 2.71. The summed E-state index contributed by atoms with van der Waals surface area (Å²) in [5.41, 5.74) is 1.25. The molecule has 0 heterocycles. The van der Waals surface area contributed by atoms with Crippen molar-refractivity contribution in [3.8, 4) is 5.75 Å². The Morgan fingerprint density at radius 1 is 1.10 bits per heavy atom. The van der Waals surface area contributed by atoms with Gasteiger partial charge < -0.3 is 10.1 Å². The number of nitrogens with one attached hydrogen (secondary N) is 1. The summed E-state index contributed by atoms with van der Waals surface area (Å²) in [6, 6.07) is 10.9. The SMILES string of the molecule is C=CCOc1ccc(CNc2ccc(F)cc2F)cc1. The van der Waals surface area contributed by atoms with Gasteiger partial charge in [-0.25, -0.2) is 8.78 Å². The highest BCUT2D eigenvalue weighted by Gasteiger charge is 2.03. The van der Waals surface area contributed by atoms with Crippen LogP contribution in [0.5, 0.6) is 5.75 Å². The largest absolute Gasteiger partial charge is 0.490 e. The van der Waals surface area contributed by atoms with E-state index in [4.69, 9.17) is 4.74 Å². The molecule has 0 aromatic heterocycles. The molecular formula is C16H15F2NO. The van der Waals surface area contributed by atoms with Crippen LogP contribution in [-0.4, -0.2) is 6.61 Å². The van der Waals surface area contributed by atoms with Gasteiger partial charge in [0.2, 0.25) is 0 Å². The van der Waals surface area contributed by atoms with E-state index in [1.807, 2.05) is 24.3 Å². The number of hydrogen-bond acceptors (Lipinski definition) is 2. The first-order chi connectivity index (χ1) is 9.69. The Bertz CT molecular complexity index is 582. The van der Waals surface area contributed by atoms with Crippen LogP contribution in [0, 0.1) is 11.6 Å². The Balaban J connectivity index is 1.95. The standard InChI is InChI=1S/C16H15F2NO/c1-2-9-20-14-6-3-12(4-7-14)11-19-16-8-5-13(17)10-15(16)18/h2-8,10,19H,1,9,11H2. The maximum Gasteiger partial charge on any atom is 0.149 e. The lowest BCUT2D eigenvalue weighted by Gasteiger charge is -2.09. The van der Waals surface area contributed by atoms with Crippen molar-refractivity contribution >= 4 is 5.69 Å². The molecule has 0 bridgehead atoms. The van der Waals surface area contributed by atoms with Gasteiger partial charge in [-0.05, 0) is 29.8 Å². The van der Waals surface area contributed by atoms with E-state index in [2.05, 4.69) is 11.9 Å². The van der Waals surface area contributed by atoms with Gasteiger partial charge in [-0.15, -0.1) is 0 Å². The first-order valence-corrected chi connectivity index (χ1v) is 6.20. The fourth-order valence-electron chi connectivity index (χ4n) is 1.69. The van der Waals surface area contributed by atoms with E-state index in [0.717, 1.165) is 17.4 Å². The summed E-state index contributed by atoms with van der Waals surface area (Å²) in [4.78, 5) is 0. The lowest BCUT2D eigenvalue weighted by Crippen LogP contribution is -2.02. The zero-order valence-electron chi connectivity index (χ0n) is 10.9. The molecule has 0 saturated heterocycles. The van der Waals surface area contributed by atoms with Crippen LogP contribution in [0.1, 0.15) is 5.56 Å². The molecular weight excluding hydrogens is 260 g/mol. The summed E-state index contributed by atoms with van der Waals surface area (Å²) in [7, 11) is 0. The van der Waals surface area contributed by atoms with Gasteiger partial charge in [-0.3, -0.25) is 0 Å². The first kappa shape index (κ1) is 14.1. The van der Waals surface area contributed by atoms with Gasteiger partial charge >= 0.3 is 0 Å². The van der Waals surface area contributed by atoms with Crippen molar-refractivity contribution in [3.05, 3.63) is 72.3 Å². The van der Waals surface area contributed by atoms with Crippen molar-refractivity contribution in [1.82, 2.24) is 0 Å². The quantitative estimate of drug-likeness (QED) is 0.800. The summed E-state index contributed by atoms with van der Waals surface area (Å²) < 4.78 is 31.6. The highest BCUT2D eigenvalue weighted by molar-refractivity contribution is 5.45. The minimum Gasteiger partial charge on any atom is -0.490 e. The van der Waals surface area contributed by atoms with Crippen LogP contribution in [0.2, 0.25) is 0 Å². The fraction of sp³-hybridized carbons (Fsp3) is 0.125. The van der Waals surface area contributed by atoms with Crippen molar-refractivity contribution < 1.29 is 13.5 Å². The molecule has 0 unspecified atom stereocenters.